The van der Waals surface area contributed by atoms with Crippen molar-refractivity contribution in [3.8, 4) is 0 Å². The average Bonchev–Trinajstić information content (AvgIpc) is 2.67. The lowest BCUT2D eigenvalue weighted by Crippen LogP contribution is -2.14. The van der Waals surface area contributed by atoms with E-state index >= 15 is 0 Å². The molecule has 0 aliphatic rings. The summed E-state index contributed by atoms with van der Waals surface area (Å²) >= 11 is 5.97. The molecule has 4 nitrogen and oxygen atoms in total. The Morgan fingerprint density at radius 2 is 2.24 bits per heavy atom. The summed E-state index contributed by atoms with van der Waals surface area (Å²) in [5.41, 5.74) is 1.71. The minimum Gasteiger partial charge on any atom is -0.309 e. The second kappa shape index (κ2) is 5.01. The Morgan fingerprint density at radius 1 is 1.47 bits per heavy atom. The number of hydrogen-bond acceptors (Lipinski definition) is 2. The molecule has 0 aliphatic carbocycles. The molecule has 0 saturated heterocycles. The zero-order valence-corrected chi connectivity index (χ0v) is 10.1. The van der Waals surface area contributed by atoms with Gasteiger partial charge in [-0.3, -0.25) is 9.89 Å². The van der Waals surface area contributed by atoms with E-state index in [2.05, 4.69) is 15.5 Å². The lowest BCUT2D eigenvalue weighted by molar-refractivity contribution is -0.115. The molecule has 0 spiro atoms. The number of benzene rings is 1. The van der Waals surface area contributed by atoms with Crippen molar-refractivity contribution in [2.45, 2.75) is 13.3 Å². The molecule has 0 saturated carbocycles. The highest BCUT2D eigenvalue weighted by atomic mass is 35.5. The predicted octanol–water partition coefficient (Wildman–Crippen LogP) is 2.55. The monoisotopic (exact) mass is 249 g/mol. The third kappa shape index (κ3) is 3.07. The first-order valence-electron chi connectivity index (χ1n) is 5.20. The molecule has 0 aliphatic heterocycles. The fourth-order valence-corrected chi connectivity index (χ4v) is 1.69. The van der Waals surface area contributed by atoms with Crippen LogP contribution >= 0.6 is 11.6 Å². The number of carbonyl (C=O) groups excluding carboxylic acids is 1. The molecule has 0 bridgehead atoms. The summed E-state index contributed by atoms with van der Waals surface area (Å²) < 4.78 is 0. The number of aromatic nitrogens is 2. The predicted molar refractivity (Wildman–Crippen MR) is 67.1 cm³/mol. The van der Waals surface area contributed by atoms with Crippen molar-refractivity contribution in [1.82, 2.24) is 10.2 Å². The van der Waals surface area contributed by atoms with E-state index in [-0.39, 0.29) is 12.3 Å². The van der Waals surface area contributed by atoms with Crippen LogP contribution in [0.1, 0.15) is 11.3 Å². The molecule has 2 rings (SSSR count). The van der Waals surface area contributed by atoms with Gasteiger partial charge in [-0.05, 0) is 18.6 Å². The number of halogens is 1. The Bertz CT molecular complexity index is 536. The first kappa shape index (κ1) is 11.7. The lowest BCUT2D eigenvalue weighted by Gasteiger charge is -2.03. The molecule has 1 aromatic carbocycles. The third-order valence-electron chi connectivity index (χ3n) is 2.28. The smallest absolute Gasteiger partial charge is 0.230 e. The normalized spacial score (nSPS) is 10.2. The van der Waals surface area contributed by atoms with Crippen LogP contribution in [-0.4, -0.2) is 16.1 Å². The molecule has 17 heavy (non-hydrogen) atoms. The number of hydrogen-bond donors (Lipinski definition) is 2. The maximum absolute atomic E-state index is 11.7. The molecule has 2 aromatic rings. The first-order valence-corrected chi connectivity index (χ1v) is 5.58. The van der Waals surface area contributed by atoms with Gasteiger partial charge in [0.25, 0.3) is 0 Å². The maximum atomic E-state index is 11.7. The highest BCUT2D eigenvalue weighted by molar-refractivity contribution is 6.31. The van der Waals surface area contributed by atoms with Crippen LogP contribution < -0.4 is 5.32 Å². The third-order valence-corrected chi connectivity index (χ3v) is 2.65. The molecule has 1 heterocycles. The van der Waals surface area contributed by atoms with Crippen molar-refractivity contribution in [3.63, 3.8) is 0 Å². The van der Waals surface area contributed by atoms with E-state index in [4.69, 9.17) is 11.6 Å². The van der Waals surface area contributed by atoms with Crippen LogP contribution in [0.5, 0.6) is 0 Å². The van der Waals surface area contributed by atoms with Crippen LogP contribution in [-0.2, 0) is 11.2 Å². The number of anilines is 1. The highest BCUT2D eigenvalue weighted by Crippen LogP contribution is 2.16. The first-order chi connectivity index (χ1) is 8.15. The van der Waals surface area contributed by atoms with E-state index < -0.39 is 0 Å². The topological polar surface area (TPSA) is 57.8 Å². The van der Waals surface area contributed by atoms with Crippen molar-refractivity contribution in [3.05, 3.63) is 46.6 Å². The molecular weight excluding hydrogens is 238 g/mol. The van der Waals surface area contributed by atoms with Crippen molar-refractivity contribution >= 4 is 23.3 Å². The van der Waals surface area contributed by atoms with Crippen molar-refractivity contribution in [1.29, 1.82) is 0 Å². The lowest BCUT2D eigenvalue weighted by atomic mass is 10.1. The van der Waals surface area contributed by atoms with Crippen LogP contribution in [0, 0.1) is 6.92 Å². The van der Waals surface area contributed by atoms with Gasteiger partial charge in [0.2, 0.25) is 5.91 Å². The fraction of sp³-hybridized carbons (Fsp3) is 0.167. The molecule has 5 heteroatoms. The summed E-state index contributed by atoms with van der Waals surface area (Å²) in [4.78, 5) is 11.7. The Morgan fingerprint density at radius 3 is 2.88 bits per heavy atom. The van der Waals surface area contributed by atoms with Crippen molar-refractivity contribution in [2.24, 2.45) is 0 Å². The van der Waals surface area contributed by atoms with Gasteiger partial charge in [-0.15, -0.1) is 0 Å². The zero-order chi connectivity index (χ0) is 12.3. The number of rotatable bonds is 3. The molecule has 0 radical (unpaired) electrons. The minimum atomic E-state index is -0.135. The van der Waals surface area contributed by atoms with E-state index in [0.717, 1.165) is 11.3 Å². The van der Waals surface area contributed by atoms with Crippen LogP contribution in [0.2, 0.25) is 5.02 Å². The molecule has 2 N–H and O–H groups in total. The number of aryl methyl sites for hydroxylation is 1. The summed E-state index contributed by atoms with van der Waals surface area (Å²) in [5.74, 6) is 0.393. The minimum absolute atomic E-state index is 0.135. The average molecular weight is 250 g/mol. The summed E-state index contributed by atoms with van der Waals surface area (Å²) in [7, 11) is 0. The van der Waals surface area contributed by atoms with Crippen LogP contribution in [0.15, 0.2) is 30.3 Å². The molecule has 0 fully saturated rings. The Hall–Kier alpha value is -1.81. The highest BCUT2D eigenvalue weighted by Gasteiger charge is 2.08. The molecule has 1 aromatic heterocycles. The van der Waals surface area contributed by atoms with E-state index in [1.54, 1.807) is 12.1 Å². The molecule has 0 atom stereocenters. The molecular formula is C12H12ClN3O. The SMILES string of the molecule is Cc1cc(NC(=O)Cc2ccccc2Cl)n[nH]1. The Kier molecular flexibility index (Phi) is 3.44. The van der Waals surface area contributed by atoms with Crippen LogP contribution in [0.25, 0.3) is 0 Å². The number of H-pyrrole nitrogens is 1. The maximum Gasteiger partial charge on any atom is 0.230 e. The van der Waals surface area contributed by atoms with Gasteiger partial charge in [-0.2, -0.15) is 5.10 Å². The number of nitrogens with one attached hydrogen (secondary N) is 2. The van der Waals surface area contributed by atoms with Gasteiger partial charge < -0.3 is 5.32 Å². The molecule has 1 amide bonds. The zero-order valence-electron chi connectivity index (χ0n) is 9.33. The Balaban J connectivity index is 2.01. The van der Waals surface area contributed by atoms with Gasteiger partial charge in [0.15, 0.2) is 5.82 Å². The van der Waals surface area contributed by atoms with Gasteiger partial charge in [0.05, 0.1) is 6.42 Å². The quantitative estimate of drug-likeness (QED) is 0.878. The van der Waals surface area contributed by atoms with Crippen molar-refractivity contribution in [2.75, 3.05) is 5.32 Å². The van der Waals surface area contributed by atoms with E-state index in [1.807, 2.05) is 25.1 Å². The number of amides is 1. The van der Waals surface area contributed by atoms with Gasteiger partial charge in [-0.1, -0.05) is 29.8 Å². The summed E-state index contributed by atoms with van der Waals surface area (Å²) in [5, 5.41) is 9.98. The largest absolute Gasteiger partial charge is 0.309 e. The van der Waals surface area contributed by atoms with Gasteiger partial charge in [0.1, 0.15) is 0 Å². The number of aromatic amines is 1. The fourth-order valence-electron chi connectivity index (χ4n) is 1.48. The molecule has 0 unspecified atom stereocenters. The summed E-state index contributed by atoms with van der Waals surface area (Å²) in [6.45, 7) is 1.87. The van der Waals surface area contributed by atoms with Gasteiger partial charge in [0, 0.05) is 16.8 Å². The summed E-state index contributed by atoms with van der Waals surface area (Å²) in [6, 6.07) is 9.05. The van der Waals surface area contributed by atoms with Gasteiger partial charge >= 0.3 is 0 Å². The van der Waals surface area contributed by atoms with Gasteiger partial charge in [-0.25, -0.2) is 0 Å². The number of carbonyl (C=O) groups is 1. The van der Waals surface area contributed by atoms with E-state index in [0.29, 0.717) is 10.8 Å². The standard InChI is InChI=1S/C12H12ClN3O/c1-8-6-11(16-15-8)14-12(17)7-9-4-2-3-5-10(9)13/h2-6H,7H2,1H3,(H2,14,15,16,17). The summed E-state index contributed by atoms with van der Waals surface area (Å²) in [6.07, 6.45) is 0.242. The second-order valence-electron chi connectivity index (χ2n) is 3.75. The van der Waals surface area contributed by atoms with E-state index in [9.17, 15) is 4.79 Å². The molecule has 88 valence electrons. The van der Waals surface area contributed by atoms with Crippen LogP contribution in [0.3, 0.4) is 0 Å². The van der Waals surface area contributed by atoms with Crippen molar-refractivity contribution < 1.29 is 4.79 Å². The Labute approximate surface area is 104 Å². The second-order valence-corrected chi connectivity index (χ2v) is 4.16. The number of nitrogens with zero attached hydrogens (tertiary/aromatic N) is 1. The van der Waals surface area contributed by atoms with E-state index in [1.165, 1.54) is 0 Å². The van der Waals surface area contributed by atoms with Crippen LogP contribution in [0.4, 0.5) is 5.82 Å².